The summed E-state index contributed by atoms with van der Waals surface area (Å²) in [7, 11) is 0. The molecule has 1 N–H and O–H groups in total. The Kier molecular flexibility index (Phi) is 13.2. The second-order valence-electron chi connectivity index (χ2n) is 5.31. The Balaban J connectivity index is 3.82. The minimum atomic E-state index is -0.290. The van der Waals surface area contributed by atoms with Crippen LogP contribution >= 0.6 is 0 Å². The van der Waals surface area contributed by atoms with Crippen LogP contribution in [0.5, 0.6) is 0 Å². The van der Waals surface area contributed by atoms with Crippen molar-refractivity contribution in [3.63, 3.8) is 0 Å². The summed E-state index contributed by atoms with van der Waals surface area (Å²) < 4.78 is 13.6. The Morgan fingerprint density at radius 2 is 1.86 bits per heavy atom. The summed E-state index contributed by atoms with van der Waals surface area (Å²) in [5.41, 5.74) is 1.02. The van der Waals surface area contributed by atoms with Crippen LogP contribution in [0.4, 0.5) is 4.39 Å². The Hall–Kier alpha value is -1.64. The van der Waals surface area contributed by atoms with Crippen molar-refractivity contribution < 1.29 is 9.18 Å². The van der Waals surface area contributed by atoms with E-state index in [2.05, 4.69) is 25.4 Å². The fourth-order valence-corrected chi connectivity index (χ4v) is 2.03. The molecule has 0 aliphatic carbocycles. The molecule has 1 amide bonds. The van der Waals surface area contributed by atoms with E-state index in [4.69, 9.17) is 0 Å². The molecule has 0 heterocycles. The van der Waals surface area contributed by atoms with Crippen molar-refractivity contribution in [3.8, 4) is 0 Å². The van der Waals surface area contributed by atoms with E-state index < -0.39 is 0 Å². The van der Waals surface area contributed by atoms with Crippen molar-refractivity contribution in [1.82, 2.24) is 5.32 Å². The van der Waals surface area contributed by atoms with Gasteiger partial charge in [-0.25, -0.2) is 4.39 Å². The molecule has 0 saturated heterocycles. The molecule has 0 bridgehead atoms. The maximum absolute atomic E-state index is 13.6. The van der Waals surface area contributed by atoms with Crippen molar-refractivity contribution in [2.75, 3.05) is 6.54 Å². The largest absolute Gasteiger partial charge is 0.350 e. The van der Waals surface area contributed by atoms with Crippen molar-refractivity contribution in [2.24, 2.45) is 0 Å². The van der Waals surface area contributed by atoms with E-state index in [0.717, 1.165) is 18.4 Å². The number of hydrogen-bond acceptors (Lipinski definition) is 1. The van der Waals surface area contributed by atoms with Gasteiger partial charge in [0.05, 0.1) is 6.54 Å². The molecular formula is C19H30FNO. The number of carbonyl (C=O) groups is 1. The number of halogens is 1. The van der Waals surface area contributed by atoms with Gasteiger partial charge in [0.1, 0.15) is 5.83 Å². The van der Waals surface area contributed by atoms with Crippen LogP contribution in [0.25, 0.3) is 0 Å². The zero-order valence-electron chi connectivity index (χ0n) is 13.9. The standard InChI is InChI=1S/C19H30FNO/c1-4-7-8-9-10-15-19(22)21-16-18(20)14-11-13-17(6-3)12-5-2/h5-6,12,14H,2-4,7-11,13,15-16H2,1H3,(H,21,22)/b17-12+,18-14+. The van der Waals surface area contributed by atoms with E-state index in [1.165, 1.54) is 25.3 Å². The lowest BCUT2D eigenvalue weighted by molar-refractivity contribution is -0.121. The van der Waals surface area contributed by atoms with E-state index in [-0.39, 0.29) is 18.3 Å². The quantitative estimate of drug-likeness (QED) is 0.358. The highest BCUT2D eigenvalue weighted by Gasteiger charge is 2.02. The van der Waals surface area contributed by atoms with Crippen LogP contribution in [-0.4, -0.2) is 12.5 Å². The Bertz CT molecular complexity index is 396. The van der Waals surface area contributed by atoms with Crippen LogP contribution in [0.2, 0.25) is 0 Å². The maximum Gasteiger partial charge on any atom is 0.220 e. The molecule has 0 unspecified atom stereocenters. The number of unbranched alkanes of at least 4 members (excludes halogenated alkanes) is 4. The van der Waals surface area contributed by atoms with E-state index in [9.17, 15) is 9.18 Å². The molecule has 3 heteroatoms. The second kappa shape index (κ2) is 14.3. The third kappa shape index (κ3) is 12.1. The zero-order valence-corrected chi connectivity index (χ0v) is 13.9. The molecule has 0 aromatic rings. The van der Waals surface area contributed by atoms with Crippen LogP contribution < -0.4 is 5.32 Å². The summed E-state index contributed by atoms with van der Waals surface area (Å²) >= 11 is 0. The van der Waals surface area contributed by atoms with Crippen LogP contribution in [-0.2, 0) is 4.79 Å². The van der Waals surface area contributed by atoms with Crippen molar-refractivity contribution in [3.05, 3.63) is 48.9 Å². The zero-order chi connectivity index (χ0) is 16.6. The SMILES string of the molecule is C=C/C=C(\C=C)CC/C=C(/F)CNC(=O)CCCCCCC. The van der Waals surface area contributed by atoms with E-state index >= 15 is 0 Å². The number of nitrogens with one attached hydrogen (secondary N) is 1. The second-order valence-corrected chi connectivity index (χ2v) is 5.31. The summed E-state index contributed by atoms with van der Waals surface area (Å²) in [6.45, 7) is 9.46. The van der Waals surface area contributed by atoms with Crippen molar-refractivity contribution >= 4 is 5.91 Å². The number of hydrogen-bond donors (Lipinski definition) is 1. The molecule has 0 aromatic heterocycles. The van der Waals surface area contributed by atoms with Gasteiger partial charge >= 0.3 is 0 Å². The molecule has 0 saturated carbocycles. The van der Waals surface area contributed by atoms with Gasteiger partial charge in [-0.2, -0.15) is 0 Å². The van der Waals surface area contributed by atoms with Gasteiger partial charge < -0.3 is 5.32 Å². The average Bonchev–Trinajstić information content (AvgIpc) is 2.51. The summed E-state index contributed by atoms with van der Waals surface area (Å²) in [6, 6.07) is 0. The number of amides is 1. The number of rotatable bonds is 13. The molecule has 22 heavy (non-hydrogen) atoms. The summed E-state index contributed by atoms with van der Waals surface area (Å²) in [4.78, 5) is 11.6. The highest BCUT2D eigenvalue weighted by Crippen LogP contribution is 2.09. The summed E-state index contributed by atoms with van der Waals surface area (Å²) in [6.07, 6.45) is 14.1. The van der Waals surface area contributed by atoms with Gasteiger partial charge in [0, 0.05) is 6.42 Å². The molecule has 0 atom stereocenters. The molecule has 0 rings (SSSR count). The fraction of sp³-hybridized carbons (Fsp3) is 0.526. The third-order valence-corrected chi connectivity index (χ3v) is 3.35. The number of allylic oxidation sites excluding steroid dienone is 5. The Labute approximate surface area is 134 Å². The first-order chi connectivity index (χ1) is 10.6. The molecule has 2 nitrogen and oxygen atoms in total. The predicted octanol–water partition coefficient (Wildman–Crippen LogP) is 5.40. The lowest BCUT2D eigenvalue weighted by atomic mass is 10.1. The van der Waals surface area contributed by atoms with Gasteiger partial charge in [0.2, 0.25) is 5.91 Å². The highest BCUT2D eigenvalue weighted by molar-refractivity contribution is 5.76. The molecule has 124 valence electrons. The molecule has 0 spiro atoms. The summed E-state index contributed by atoms with van der Waals surface area (Å²) in [5.74, 6) is -0.361. The first kappa shape index (κ1) is 20.4. The maximum atomic E-state index is 13.6. The molecule has 0 aliphatic heterocycles. The fourth-order valence-electron chi connectivity index (χ4n) is 2.03. The van der Waals surface area contributed by atoms with E-state index in [0.29, 0.717) is 19.3 Å². The van der Waals surface area contributed by atoms with Gasteiger partial charge in [0.15, 0.2) is 0 Å². The van der Waals surface area contributed by atoms with Crippen LogP contribution in [0.1, 0.15) is 58.3 Å². The topological polar surface area (TPSA) is 29.1 Å². The first-order valence-electron chi connectivity index (χ1n) is 8.19. The van der Waals surface area contributed by atoms with Crippen LogP contribution in [0.15, 0.2) is 48.9 Å². The van der Waals surface area contributed by atoms with E-state index in [1.54, 1.807) is 12.2 Å². The van der Waals surface area contributed by atoms with Gasteiger partial charge in [-0.3, -0.25) is 4.79 Å². The Morgan fingerprint density at radius 3 is 2.50 bits per heavy atom. The third-order valence-electron chi connectivity index (χ3n) is 3.35. The molecule has 0 aromatic carbocycles. The van der Waals surface area contributed by atoms with Gasteiger partial charge in [-0.05, 0) is 24.8 Å². The predicted molar refractivity (Wildman–Crippen MR) is 93.3 cm³/mol. The summed E-state index contributed by atoms with van der Waals surface area (Å²) in [5, 5.41) is 2.62. The molecule has 0 fully saturated rings. The van der Waals surface area contributed by atoms with Crippen molar-refractivity contribution in [1.29, 1.82) is 0 Å². The Morgan fingerprint density at radius 1 is 1.14 bits per heavy atom. The lowest BCUT2D eigenvalue weighted by Gasteiger charge is -2.04. The minimum Gasteiger partial charge on any atom is -0.350 e. The lowest BCUT2D eigenvalue weighted by Crippen LogP contribution is -2.24. The van der Waals surface area contributed by atoms with Gasteiger partial charge in [-0.1, -0.05) is 70.1 Å². The molecule has 0 radical (unpaired) electrons. The van der Waals surface area contributed by atoms with Crippen LogP contribution in [0.3, 0.4) is 0 Å². The molecule has 0 aliphatic rings. The van der Waals surface area contributed by atoms with E-state index in [1.807, 2.05) is 6.08 Å². The normalized spacial score (nSPS) is 12.1. The van der Waals surface area contributed by atoms with Crippen LogP contribution in [0, 0.1) is 0 Å². The smallest absolute Gasteiger partial charge is 0.220 e. The molecular weight excluding hydrogens is 277 g/mol. The van der Waals surface area contributed by atoms with Gasteiger partial charge in [-0.15, -0.1) is 0 Å². The number of carbonyl (C=O) groups excluding carboxylic acids is 1. The average molecular weight is 307 g/mol. The highest BCUT2D eigenvalue weighted by atomic mass is 19.1. The monoisotopic (exact) mass is 307 g/mol. The minimum absolute atomic E-state index is 0.0115. The van der Waals surface area contributed by atoms with Gasteiger partial charge in [0.25, 0.3) is 0 Å². The first-order valence-corrected chi connectivity index (χ1v) is 8.19. The van der Waals surface area contributed by atoms with Crippen molar-refractivity contribution in [2.45, 2.75) is 58.3 Å².